The van der Waals surface area contributed by atoms with Crippen molar-refractivity contribution in [2.75, 3.05) is 26.8 Å². The second-order valence-corrected chi connectivity index (χ2v) is 6.97. The lowest BCUT2D eigenvalue weighted by molar-refractivity contribution is -0.131. The Morgan fingerprint density at radius 3 is 2.68 bits per heavy atom. The first kappa shape index (κ1) is 24.0. The van der Waals surface area contributed by atoms with Crippen molar-refractivity contribution in [3.8, 4) is 11.5 Å². The predicted octanol–water partition coefficient (Wildman–Crippen LogP) is 2.11. The number of hydrogen-bond acceptors (Lipinski definition) is 5. The maximum atomic E-state index is 12.7. The zero-order valence-corrected chi connectivity index (χ0v) is 17.7. The monoisotopic (exact) mass is 413 g/mol. The molecule has 1 saturated heterocycles. The van der Waals surface area contributed by atoms with Gasteiger partial charge < -0.3 is 25.4 Å². The molecule has 2 rings (SSSR count). The molecular formula is C20H32ClN3O4. The first-order valence-electron chi connectivity index (χ1n) is 9.53. The smallest absolute Gasteiger partial charge is 0.225 e. The molecule has 1 heterocycles. The summed E-state index contributed by atoms with van der Waals surface area (Å²) in [4.78, 5) is 26.2. The SMILES string of the molecule is CCCOc1c(CNC(=O)[C@@H]2CC[C@H](N)CN(C(C)=O)C2)cccc1OC.Cl. The van der Waals surface area contributed by atoms with Gasteiger partial charge in [-0.3, -0.25) is 9.59 Å². The minimum atomic E-state index is -0.256. The molecule has 0 spiro atoms. The molecule has 8 heteroatoms. The summed E-state index contributed by atoms with van der Waals surface area (Å²) in [7, 11) is 1.60. The van der Waals surface area contributed by atoms with Crippen LogP contribution in [-0.4, -0.2) is 49.6 Å². The Balaban J connectivity index is 0.00000392. The normalized spacial score (nSPS) is 19.2. The molecule has 1 aliphatic heterocycles. The molecule has 2 atom stereocenters. The molecule has 158 valence electrons. The van der Waals surface area contributed by atoms with E-state index in [0.717, 1.165) is 18.4 Å². The summed E-state index contributed by atoms with van der Waals surface area (Å²) < 4.78 is 11.2. The van der Waals surface area contributed by atoms with Crippen molar-refractivity contribution in [1.82, 2.24) is 10.2 Å². The summed E-state index contributed by atoms with van der Waals surface area (Å²) in [6, 6.07) is 5.55. The van der Waals surface area contributed by atoms with Crippen molar-refractivity contribution < 1.29 is 19.1 Å². The average Bonchev–Trinajstić information content (AvgIpc) is 2.86. The van der Waals surface area contributed by atoms with E-state index in [-0.39, 0.29) is 36.2 Å². The molecule has 1 aliphatic rings. The molecule has 0 aromatic heterocycles. The number of para-hydroxylation sites is 1. The average molecular weight is 414 g/mol. The molecule has 0 radical (unpaired) electrons. The molecule has 0 bridgehead atoms. The third kappa shape index (κ3) is 6.56. The van der Waals surface area contributed by atoms with Crippen LogP contribution in [0.25, 0.3) is 0 Å². The summed E-state index contributed by atoms with van der Waals surface area (Å²) in [5.74, 6) is 0.940. The van der Waals surface area contributed by atoms with Gasteiger partial charge in [0.15, 0.2) is 11.5 Å². The van der Waals surface area contributed by atoms with Gasteiger partial charge in [-0.2, -0.15) is 0 Å². The first-order valence-corrected chi connectivity index (χ1v) is 9.53. The molecule has 0 aliphatic carbocycles. The number of methoxy groups -OCH3 is 1. The van der Waals surface area contributed by atoms with Crippen molar-refractivity contribution >= 4 is 24.2 Å². The van der Waals surface area contributed by atoms with Crippen LogP contribution in [0.4, 0.5) is 0 Å². The fourth-order valence-corrected chi connectivity index (χ4v) is 3.25. The number of likely N-dealkylation sites (tertiary alicyclic amines) is 1. The van der Waals surface area contributed by atoms with Gasteiger partial charge in [-0.25, -0.2) is 0 Å². The van der Waals surface area contributed by atoms with Crippen LogP contribution >= 0.6 is 12.4 Å². The van der Waals surface area contributed by atoms with Crippen molar-refractivity contribution in [1.29, 1.82) is 0 Å². The van der Waals surface area contributed by atoms with Crippen LogP contribution in [0.15, 0.2) is 18.2 Å². The first-order chi connectivity index (χ1) is 13.0. The number of halogens is 1. The number of rotatable bonds is 7. The Bertz CT molecular complexity index is 656. The van der Waals surface area contributed by atoms with E-state index in [0.29, 0.717) is 44.2 Å². The zero-order chi connectivity index (χ0) is 19.8. The summed E-state index contributed by atoms with van der Waals surface area (Å²) in [5.41, 5.74) is 6.90. The molecule has 7 nitrogen and oxygen atoms in total. The van der Waals surface area contributed by atoms with Gasteiger partial charge in [0.1, 0.15) is 0 Å². The van der Waals surface area contributed by atoms with Crippen molar-refractivity contribution in [2.45, 2.75) is 45.7 Å². The number of nitrogens with zero attached hydrogens (tertiary/aromatic N) is 1. The standard InChI is InChI=1S/C20H31N3O4.ClH/c1-4-10-27-19-15(6-5-7-18(19)26-3)11-22-20(25)16-8-9-17(21)13-23(12-16)14(2)24;/h5-7,16-17H,4,8-13,21H2,1-3H3,(H,22,25);1H/t16-,17+;/m1./s1. The quantitative estimate of drug-likeness (QED) is 0.714. The Kier molecular flexibility index (Phi) is 10.1. The van der Waals surface area contributed by atoms with Gasteiger partial charge in [0, 0.05) is 38.2 Å². The molecule has 0 unspecified atom stereocenters. The van der Waals surface area contributed by atoms with E-state index in [2.05, 4.69) is 5.32 Å². The lowest BCUT2D eigenvalue weighted by Crippen LogP contribution is -2.42. The number of amides is 2. The van der Waals surface area contributed by atoms with Crippen molar-refractivity contribution in [2.24, 2.45) is 11.7 Å². The number of nitrogens with two attached hydrogens (primary N) is 1. The van der Waals surface area contributed by atoms with Gasteiger partial charge in [-0.05, 0) is 25.3 Å². The van der Waals surface area contributed by atoms with Gasteiger partial charge in [-0.1, -0.05) is 19.1 Å². The number of ether oxygens (including phenoxy) is 2. The number of hydrogen-bond donors (Lipinski definition) is 2. The molecule has 1 aromatic carbocycles. The summed E-state index contributed by atoms with van der Waals surface area (Å²) in [5, 5.41) is 2.99. The van der Waals surface area contributed by atoms with Gasteiger partial charge in [-0.15, -0.1) is 12.4 Å². The Hall–Kier alpha value is -1.99. The lowest BCUT2D eigenvalue weighted by atomic mass is 10.0. The summed E-state index contributed by atoms with van der Waals surface area (Å²) >= 11 is 0. The highest BCUT2D eigenvalue weighted by molar-refractivity contribution is 5.85. The van der Waals surface area contributed by atoms with E-state index in [1.165, 1.54) is 6.92 Å². The van der Waals surface area contributed by atoms with Gasteiger partial charge in [0.25, 0.3) is 0 Å². The van der Waals surface area contributed by atoms with Gasteiger partial charge in [0.05, 0.1) is 19.6 Å². The minimum Gasteiger partial charge on any atom is -0.493 e. The van der Waals surface area contributed by atoms with Crippen LogP contribution in [0.2, 0.25) is 0 Å². The molecule has 2 amide bonds. The highest BCUT2D eigenvalue weighted by Crippen LogP contribution is 2.31. The molecule has 1 aromatic rings. The maximum absolute atomic E-state index is 12.7. The number of carbonyl (C=O) groups is 2. The highest BCUT2D eigenvalue weighted by atomic mass is 35.5. The van der Waals surface area contributed by atoms with E-state index in [1.807, 2.05) is 25.1 Å². The van der Waals surface area contributed by atoms with Crippen molar-refractivity contribution in [3.63, 3.8) is 0 Å². The second kappa shape index (κ2) is 11.8. The molecule has 3 N–H and O–H groups in total. The molecule has 0 saturated carbocycles. The predicted molar refractivity (Wildman–Crippen MR) is 111 cm³/mol. The topological polar surface area (TPSA) is 93.9 Å². The fraction of sp³-hybridized carbons (Fsp3) is 0.600. The molecule has 28 heavy (non-hydrogen) atoms. The van der Waals surface area contributed by atoms with Crippen LogP contribution in [0.3, 0.4) is 0 Å². The van der Waals surface area contributed by atoms with Crippen LogP contribution in [-0.2, 0) is 16.1 Å². The van der Waals surface area contributed by atoms with Gasteiger partial charge >= 0.3 is 0 Å². The fourth-order valence-electron chi connectivity index (χ4n) is 3.25. The van der Waals surface area contributed by atoms with E-state index < -0.39 is 0 Å². The van der Waals surface area contributed by atoms with Crippen molar-refractivity contribution in [3.05, 3.63) is 23.8 Å². The third-order valence-electron chi connectivity index (χ3n) is 4.78. The largest absolute Gasteiger partial charge is 0.493 e. The summed E-state index contributed by atoms with van der Waals surface area (Å²) in [6.07, 6.45) is 2.28. The third-order valence-corrected chi connectivity index (χ3v) is 4.78. The number of carbonyl (C=O) groups excluding carboxylic acids is 2. The van der Waals surface area contributed by atoms with E-state index in [1.54, 1.807) is 12.0 Å². The zero-order valence-electron chi connectivity index (χ0n) is 16.9. The lowest BCUT2D eigenvalue weighted by Gasteiger charge is -2.23. The molecule has 1 fully saturated rings. The van der Waals surface area contributed by atoms with E-state index >= 15 is 0 Å². The minimum absolute atomic E-state index is 0. The molecular weight excluding hydrogens is 382 g/mol. The van der Waals surface area contributed by atoms with E-state index in [4.69, 9.17) is 15.2 Å². The Morgan fingerprint density at radius 2 is 2.04 bits per heavy atom. The van der Waals surface area contributed by atoms with Crippen LogP contribution in [0.5, 0.6) is 11.5 Å². The van der Waals surface area contributed by atoms with E-state index in [9.17, 15) is 9.59 Å². The number of benzene rings is 1. The Morgan fingerprint density at radius 1 is 1.29 bits per heavy atom. The number of nitrogens with one attached hydrogen (secondary N) is 1. The van der Waals surface area contributed by atoms with Crippen LogP contribution in [0, 0.1) is 5.92 Å². The second-order valence-electron chi connectivity index (χ2n) is 6.97. The summed E-state index contributed by atoms with van der Waals surface area (Å²) in [6.45, 7) is 5.39. The Labute approximate surface area is 173 Å². The van der Waals surface area contributed by atoms with Gasteiger partial charge in [0.2, 0.25) is 11.8 Å². The maximum Gasteiger partial charge on any atom is 0.225 e. The highest BCUT2D eigenvalue weighted by Gasteiger charge is 2.28. The van der Waals surface area contributed by atoms with Crippen LogP contribution < -0.4 is 20.5 Å². The van der Waals surface area contributed by atoms with Crippen LogP contribution in [0.1, 0.15) is 38.7 Å².